The Bertz CT molecular complexity index is 947. The average molecular weight is 376 g/mol. The zero-order valence-electron chi connectivity index (χ0n) is 12.2. The van der Waals surface area contributed by atoms with Crippen molar-refractivity contribution in [2.75, 3.05) is 5.32 Å². The van der Waals surface area contributed by atoms with Crippen LogP contribution in [0.15, 0.2) is 57.1 Å². The molecule has 120 valence electrons. The van der Waals surface area contributed by atoms with Gasteiger partial charge in [0.1, 0.15) is 5.52 Å². The van der Waals surface area contributed by atoms with Crippen molar-refractivity contribution in [3.05, 3.63) is 63.3 Å². The van der Waals surface area contributed by atoms with E-state index in [4.69, 9.17) is 27.6 Å². The van der Waals surface area contributed by atoms with E-state index in [-0.39, 0.29) is 5.50 Å². The van der Waals surface area contributed by atoms with Crippen LogP contribution in [0.25, 0.3) is 17.2 Å². The summed E-state index contributed by atoms with van der Waals surface area (Å²) in [5, 5.41) is 4.40. The summed E-state index contributed by atoms with van der Waals surface area (Å²) in [5.74, 6) is 0. The third-order valence-electron chi connectivity index (χ3n) is 3.48. The maximum atomic E-state index is 6.18. The van der Waals surface area contributed by atoms with E-state index in [1.807, 2.05) is 36.6 Å². The molecule has 0 spiro atoms. The van der Waals surface area contributed by atoms with Crippen LogP contribution in [0.3, 0.4) is 0 Å². The lowest BCUT2D eigenvalue weighted by molar-refractivity contribution is 0.602. The summed E-state index contributed by atoms with van der Waals surface area (Å²) in [7, 11) is 0. The SMILES string of the molecule is Clc1cccc(Cl)c1NC1N=CC(=Cc2ccc3ncoc3c2)S1. The van der Waals surface area contributed by atoms with E-state index in [0.29, 0.717) is 15.7 Å². The van der Waals surface area contributed by atoms with Gasteiger partial charge in [-0.1, -0.05) is 47.1 Å². The van der Waals surface area contributed by atoms with Crippen LogP contribution in [-0.2, 0) is 0 Å². The smallest absolute Gasteiger partial charge is 0.181 e. The number of nitrogens with zero attached hydrogens (tertiary/aromatic N) is 2. The summed E-state index contributed by atoms with van der Waals surface area (Å²) in [6.45, 7) is 0. The van der Waals surface area contributed by atoms with Gasteiger partial charge in [0, 0.05) is 11.1 Å². The number of para-hydroxylation sites is 1. The van der Waals surface area contributed by atoms with Gasteiger partial charge in [-0.25, -0.2) is 4.98 Å². The van der Waals surface area contributed by atoms with Crippen molar-refractivity contribution in [3.8, 4) is 0 Å². The Hall–Kier alpha value is -1.95. The number of benzene rings is 2. The minimum Gasteiger partial charge on any atom is -0.443 e. The van der Waals surface area contributed by atoms with Gasteiger partial charge in [-0.3, -0.25) is 4.99 Å². The molecular weight excluding hydrogens is 365 g/mol. The number of allylic oxidation sites excluding steroid dienone is 1. The van der Waals surface area contributed by atoms with Gasteiger partial charge in [-0.15, -0.1) is 0 Å². The number of oxazole rings is 1. The van der Waals surface area contributed by atoms with Crippen LogP contribution in [-0.4, -0.2) is 16.7 Å². The second-order valence-electron chi connectivity index (χ2n) is 5.12. The molecular formula is C17H11Cl2N3OS. The number of hydrogen-bond acceptors (Lipinski definition) is 5. The average Bonchev–Trinajstić information content (AvgIpc) is 3.20. The predicted octanol–water partition coefficient (Wildman–Crippen LogP) is 5.69. The molecule has 0 aliphatic carbocycles. The first-order valence-electron chi connectivity index (χ1n) is 7.14. The van der Waals surface area contributed by atoms with Crippen molar-refractivity contribution in [2.24, 2.45) is 4.99 Å². The largest absolute Gasteiger partial charge is 0.443 e. The fourth-order valence-corrected chi connectivity index (χ4v) is 3.74. The van der Waals surface area contributed by atoms with Crippen LogP contribution < -0.4 is 5.32 Å². The van der Waals surface area contributed by atoms with Crippen LogP contribution in [0, 0.1) is 0 Å². The van der Waals surface area contributed by atoms with E-state index in [1.54, 1.807) is 23.9 Å². The van der Waals surface area contributed by atoms with Gasteiger partial charge in [0.2, 0.25) is 0 Å². The third-order valence-corrected chi connectivity index (χ3v) is 5.07. The summed E-state index contributed by atoms with van der Waals surface area (Å²) >= 11 is 13.9. The number of hydrogen-bond donors (Lipinski definition) is 1. The minimum atomic E-state index is -0.164. The minimum absolute atomic E-state index is 0.164. The highest BCUT2D eigenvalue weighted by Gasteiger charge is 2.18. The molecule has 4 rings (SSSR count). The molecule has 1 unspecified atom stereocenters. The number of nitrogens with one attached hydrogen (secondary N) is 1. The Morgan fingerprint density at radius 3 is 2.83 bits per heavy atom. The Balaban J connectivity index is 1.51. The van der Waals surface area contributed by atoms with Crippen LogP contribution in [0.2, 0.25) is 10.0 Å². The lowest BCUT2D eigenvalue weighted by Crippen LogP contribution is -2.10. The maximum Gasteiger partial charge on any atom is 0.181 e. The third kappa shape index (κ3) is 3.15. The predicted molar refractivity (Wildman–Crippen MR) is 102 cm³/mol. The first-order chi connectivity index (χ1) is 11.7. The zero-order valence-corrected chi connectivity index (χ0v) is 14.6. The molecule has 1 aliphatic rings. The number of thioether (sulfide) groups is 1. The van der Waals surface area contributed by atoms with Crippen LogP contribution in [0.4, 0.5) is 5.69 Å². The molecule has 0 bridgehead atoms. The number of aliphatic imine (C=N–C) groups is 1. The lowest BCUT2D eigenvalue weighted by Gasteiger charge is -2.13. The van der Waals surface area contributed by atoms with E-state index >= 15 is 0 Å². The molecule has 0 saturated carbocycles. The van der Waals surface area contributed by atoms with Gasteiger partial charge in [-0.2, -0.15) is 0 Å². The zero-order chi connectivity index (χ0) is 16.5. The van der Waals surface area contributed by atoms with E-state index < -0.39 is 0 Å². The standard InChI is InChI=1S/C17H11Cl2N3OS/c18-12-2-1-3-13(19)16(12)22-17-20-8-11(24-17)6-10-4-5-14-15(7-10)23-9-21-14/h1-9,17,22H. The topological polar surface area (TPSA) is 50.4 Å². The van der Waals surface area contributed by atoms with Gasteiger partial charge in [-0.05, 0) is 35.9 Å². The Morgan fingerprint density at radius 2 is 2.00 bits per heavy atom. The van der Waals surface area contributed by atoms with Gasteiger partial charge in [0.25, 0.3) is 0 Å². The fourth-order valence-electron chi connectivity index (χ4n) is 2.35. The second-order valence-corrected chi connectivity index (χ2v) is 7.08. The highest BCUT2D eigenvalue weighted by molar-refractivity contribution is 8.05. The molecule has 1 aliphatic heterocycles. The molecule has 24 heavy (non-hydrogen) atoms. The summed E-state index contributed by atoms with van der Waals surface area (Å²) in [6.07, 6.45) is 5.32. The van der Waals surface area contributed by atoms with Gasteiger partial charge < -0.3 is 9.73 Å². The van der Waals surface area contributed by atoms with Crippen molar-refractivity contribution >= 4 is 64.0 Å². The lowest BCUT2D eigenvalue weighted by atomic mass is 10.2. The highest BCUT2D eigenvalue weighted by atomic mass is 35.5. The maximum absolute atomic E-state index is 6.18. The van der Waals surface area contributed by atoms with Crippen molar-refractivity contribution in [1.29, 1.82) is 0 Å². The van der Waals surface area contributed by atoms with Crippen molar-refractivity contribution < 1.29 is 4.42 Å². The monoisotopic (exact) mass is 375 g/mol. The second kappa shape index (κ2) is 6.51. The molecule has 3 aromatic rings. The number of fused-ring (bicyclic) bond motifs is 1. The van der Waals surface area contributed by atoms with E-state index in [1.165, 1.54) is 6.39 Å². The summed E-state index contributed by atoms with van der Waals surface area (Å²) in [5.41, 5.74) is 3.17. The molecule has 0 fully saturated rings. The van der Waals surface area contributed by atoms with Gasteiger partial charge >= 0.3 is 0 Å². The molecule has 0 radical (unpaired) electrons. The van der Waals surface area contributed by atoms with Gasteiger partial charge in [0.05, 0.1) is 15.7 Å². The Labute approximate surface area is 152 Å². The molecule has 1 aromatic heterocycles. The number of halogens is 2. The molecule has 1 atom stereocenters. The quantitative estimate of drug-likeness (QED) is 0.638. The highest BCUT2D eigenvalue weighted by Crippen LogP contribution is 2.35. The number of rotatable bonds is 3. The van der Waals surface area contributed by atoms with E-state index in [9.17, 15) is 0 Å². The van der Waals surface area contributed by atoms with Crippen molar-refractivity contribution in [3.63, 3.8) is 0 Å². The molecule has 4 nitrogen and oxygen atoms in total. The first kappa shape index (κ1) is 15.6. The summed E-state index contributed by atoms with van der Waals surface area (Å²) < 4.78 is 5.33. The van der Waals surface area contributed by atoms with E-state index in [0.717, 1.165) is 21.6 Å². The molecule has 7 heteroatoms. The van der Waals surface area contributed by atoms with Crippen LogP contribution in [0.5, 0.6) is 0 Å². The van der Waals surface area contributed by atoms with E-state index in [2.05, 4.69) is 15.3 Å². The molecule has 2 aromatic carbocycles. The Kier molecular flexibility index (Phi) is 4.22. The molecule has 0 saturated heterocycles. The molecule has 1 N–H and O–H groups in total. The molecule has 0 amide bonds. The van der Waals surface area contributed by atoms with Crippen LogP contribution in [0.1, 0.15) is 5.56 Å². The normalized spacial score (nSPS) is 18.6. The fraction of sp³-hybridized carbons (Fsp3) is 0.0588. The first-order valence-corrected chi connectivity index (χ1v) is 8.78. The Morgan fingerprint density at radius 1 is 1.17 bits per heavy atom. The van der Waals surface area contributed by atoms with Gasteiger partial charge in [0.15, 0.2) is 17.5 Å². The summed E-state index contributed by atoms with van der Waals surface area (Å²) in [6, 6.07) is 11.3. The number of anilines is 1. The molecule has 2 heterocycles. The number of aromatic nitrogens is 1. The summed E-state index contributed by atoms with van der Waals surface area (Å²) in [4.78, 5) is 9.60. The van der Waals surface area contributed by atoms with Crippen molar-refractivity contribution in [1.82, 2.24) is 4.98 Å². The van der Waals surface area contributed by atoms with Crippen molar-refractivity contribution in [2.45, 2.75) is 5.50 Å². The van der Waals surface area contributed by atoms with Crippen LogP contribution >= 0.6 is 35.0 Å².